The smallest absolute Gasteiger partial charge is 0.270 e. The number of H-pyrrole nitrogens is 2. The molecule has 0 radical (unpaired) electrons. The van der Waals surface area contributed by atoms with E-state index in [0.717, 1.165) is 17.7 Å². The van der Waals surface area contributed by atoms with Gasteiger partial charge < -0.3 is 5.32 Å². The summed E-state index contributed by atoms with van der Waals surface area (Å²) in [5.74, 6) is -0.204. The number of carbonyl (C=O) groups excluding carboxylic acids is 1. The summed E-state index contributed by atoms with van der Waals surface area (Å²) in [5, 5.41) is 8.64. The number of Topliss-reactive ketones (excluding diaryl/α,β-unsaturated/α-hetero) is 1. The molecule has 1 atom stereocenters. The standard InChI is InChI=1S/C18H18FN3O2/c1-18(2)7-11-14(12(23)8-18)13(9-3-5-10(19)6-4-9)15-16(20-11)21-22-17(15)24/h3-6,13H,7-8H2,1-2H3,(H3,20,21,22,24)/t13-/m0/s1. The normalized spacial score (nSPS) is 22.0. The van der Waals surface area contributed by atoms with Crippen molar-refractivity contribution < 1.29 is 9.18 Å². The van der Waals surface area contributed by atoms with Crippen LogP contribution in [-0.2, 0) is 4.79 Å². The molecule has 0 unspecified atom stereocenters. The predicted octanol–water partition coefficient (Wildman–Crippen LogP) is 3.04. The van der Waals surface area contributed by atoms with Crippen LogP contribution < -0.4 is 10.9 Å². The van der Waals surface area contributed by atoms with Crippen molar-refractivity contribution in [3.8, 4) is 0 Å². The first-order valence-electron chi connectivity index (χ1n) is 7.95. The number of rotatable bonds is 1. The molecule has 2 aromatic rings. The van der Waals surface area contributed by atoms with E-state index in [4.69, 9.17) is 0 Å². The van der Waals surface area contributed by atoms with E-state index in [9.17, 15) is 14.0 Å². The number of allylic oxidation sites excluding steroid dienone is 2. The molecular formula is C18H18FN3O2. The van der Waals surface area contributed by atoms with Gasteiger partial charge in [-0.05, 0) is 29.5 Å². The van der Waals surface area contributed by atoms with Crippen LogP contribution in [0.2, 0.25) is 0 Å². The van der Waals surface area contributed by atoms with Crippen molar-refractivity contribution in [3.05, 3.63) is 62.8 Å². The minimum absolute atomic E-state index is 0.0364. The van der Waals surface area contributed by atoms with Crippen LogP contribution in [0.3, 0.4) is 0 Å². The van der Waals surface area contributed by atoms with E-state index in [1.807, 2.05) is 0 Å². The van der Waals surface area contributed by atoms with Gasteiger partial charge in [0, 0.05) is 23.6 Å². The van der Waals surface area contributed by atoms with E-state index < -0.39 is 5.92 Å². The molecule has 5 nitrogen and oxygen atoms in total. The van der Waals surface area contributed by atoms with Crippen LogP contribution >= 0.6 is 0 Å². The maximum Gasteiger partial charge on any atom is 0.270 e. The average Bonchev–Trinajstić information content (AvgIpc) is 2.86. The highest BCUT2D eigenvalue weighted by Gasteiger charge is 2.42. The van der Waals surface area contributed by atoms with Crippen LogP contribution in [0.15, 0.2) is 40.3 Å². The molecule has 0 saturated heterocycles. The zero-order valence-electron chi connectivity index (χ0n) is 13.5. The van der Waals surface area contributed by atoms with Gasteiger partial charge >= 0.3 is 0 Å². The molecule has 3 N–H and O–H groups in total. The van der Waals surface area contributed by atoms with Gasteiger partial charge in [-0.15, -0.1) is 0 Å². The minimum atomic E-state index is -0.476. The lowest BCUT2D eigenvalue weighted by atomic mass is 9.69. The van der Waals surface area contributed by atoms with Gasteiger partial charge in [0.1, 0.15) is 11.6 Å². The first kappa shape index (κ1) is 14.9. The minimum Gasteiger partial charge on any atom is -0.343 e. The largest absolute Gasteiger partial charge is 0.343 e. The lowest BCUT2D eigenvalue weighted by Gasteiger charge is -2.37. The second-order valence-electron chi connectivity index (χ2n) is 7.31. The van der Waals surface area contributed by atoms with E-state index in [-0.39, 0.29) is 22.6 Å². The third kappa shape index (κ3) is 2.21. The molecule has 4 rings (SSSR count). The molecule has 124 valence electrons. The Balaban J connectivity index is 1.94. The predicted molar refractivity (Wildman–Crippen MR) is 88.3 cm³/mol. The van der Waals surface area contributed by atoms with Crippen LogP contribution in [0.5, 0.6) is 0 Å². The average molecular weight is 327 g/mol. The number of aromatic amines is 2. The Bertz CT molecular complexity index is 918. The summed E-state index contributed by atoms with van der Waals surface area (Å²) >= 11 is 0. The van der Waals surface area contributed by atoms with Crippen LogP contribution in [-0.4, -0.2) is 16.0 Å². The van der Waals surface area contributed by atoms with Crippen molar-refractivity contribution >= 4 is 11.6 Å². The SMILES string of the molecule is CC1(C)CC(=O)C2=C(C1)Nc1[nH][nH]c(=O)c1[C@H]2c1ccc(F)cc1. The fourth-order valence-corrected chi connectivity index (χ4v) is 3.81. The quantitative estimate of drug-likeness (QED) is 0.753. The van der Waals surface area contributed by atoms with Crippen molar-refractivity contribution in [1.82, 2.24) is 10.2 Å². The summed E-state index contributed by atoms with van der Waals surface area (Å²) in [7, 11) is 0. The van der Waals surface area contributed by atoms with Crippen molar-refractivity contribution in [3.63, 3.8) is 0 Å². The van der Waals surface area contributed by atoms with Crippen LogP contribution in [0.1, 0.15) is 43.7 Å². The van der Waals surface area contributed by atoms with E-state index in [0.29, 0.717) is 23.4 Å². The maximum absolute atomic E-state index is 13.3. The number of benzene rings is 1. The number of ketones is 1. The molecule has 0 bridgehead atoms. The molecule has 1 aliphatic heterocycles. The fraction of sp³-hybridized carbons (Fsp3) is 0.333. The van der Waals surface area contributed by atoms with Gasteiger partial charge in [0.05, 0.1) is 5.56 Å². The second kappa shape index (κ2) is 4.93. The third-order valence-corrected chi connectivity index (χ3v) is 4.79. The number of carbonyl (C=O) groups is 1. The van der Waals surface area contributed by atoms with Crippen molar-refractivity contribution in [2.24, 2.45) is 5.41 Å². The van der Waals surface area contributed by atoms with Gasteiger partial charge in [0.15, 0.2) is 5.78 Å². The number of anilines is 1. The summed E-state index contributed by atoms with van der Waals surface area (Å²) < 4.78 is 13.3. The van der Waals surface area contributed by atoms with E-state index in [1.165, 1.54) is 12.1 Å². The van der Waals surface area contributed by atoms with Crippen LogP contribution in [0, 0.1) is 11.2 Å². The zero-order valence-corrected chi connectivity index (χ0v) is 13.5. The Morgan fingerprint density at radius 1 is 1.08 bits per heavy atom. The highest BCUT2D eigenvalue weighted by molar-refractivity contribution is 6.01. The van der Waals surface area contributed by atoms with Crippen molar-refractivity contribution in [1.29, 1.82) is 0 Å². The van der Waals surface area contributed by atoms with Crippen molar-refractivity contribution in [2.75, 3.05) is 5.32 Å². The number of halogens is 1. The van der Waals surface area contributed by atoms with Gasteiger partial charge in [-0.2, -0.15) is 0 Å². The number of hydrogen-bond acceptors (Lipinski definition) is 3. The van der Waals surface area contributed by atoms with E-state index in [1.54, 1.807) is 12.1 Å². The first-order valence-corrected chi connectivity index (χ1v) is 7.95. The molecule has 1 aromatic heterocycles. The van der Waals surface area contributed by atoms with Gasteiger partial charge in [0.25, 0.3) is 5.56 Å². The molecule has 0 fully saturated rings. The molecule has 2 aliphatic rings. The zero-order chi connectivity index (χ0) is 17.1. The monoisotopic (exact) mass is 327 g/mol. The molecule has 0 amide bonds. The van der Waals surface area contributed by atoms with Gasteiger partial charge in [0.2, 0.25) is 0 Å². The van der Waals surface area contributed by atoms with Gasteiger partial charge in [-0.3, -0.25) is 19.8 Å². The van der Waals surface area contributed by atoms with Crippen molar-refractivity contribution in [2.45, 2.75) is 32.6 Å². The van der Waals surface area contributed by atoms with Gasteiger partial charge in [-0.25, -0.2) is 4.39 Å². The Labute approximate surface area is 138 Å². The molecule has 1 aromatic carbocycles. The molecule has 2 heterocycles. The number of fused-ring (bicyclic) bond motifs is 1. The van der Waals surface area contributed by atoms with Crippen LogP contribution in [0.4, 0.5) is 10.2 Å². The molecule has 24 heavy (non-hydrogen) atoms. The lowest BCUT2D eigenvalue weighted by Crippen LogP contribution is -2.34. The highest BCUT2D eigenvalue weighted by Crippen LogP contribution is 2.47. The lowest BCUT2D eigenvalue weighted by molar-refractivity contribution is -0.118. The number of nitrogens with one attached hydrogen (secondary N) is 3. The molecule has 1 aliphatic carbocycles. The van der Waals surface area contributed by atoms with Crippen LogP contribution in [0.25, 0.3) is 0 Å². The first-order chi connectivity index (χ1) is 11.4. The Morgan fingerprint density at radius 3 is 2.50 bits per heavy atom. The van der Waals surface area contributed by atoms with Gasteiger partial charge in [-0.1, -0.05) is 26.0 Å². The summed E-state index contributed by atoms with van der Waals surface area (Å²) in [6.45, 7) is 4.11. The molecule has 0 saturated carbocycles. The molecular weight excluding hydrogens is 309 g/mol. The van der Waals surface area contributed by atoms with E-state index >= 15 is 0 Å². The summed E-state index contributed by atoms with van der Waals surface area (Å²) in [4.78, 5) is 25.1. The fourth-order valence-electron chi connectivity index (χ4n) is 3.81. The Morgan fingerprint density at radius 2 is 1.79 bits per heavy atom. The molecule has 6 heteroatoms. The Kier molecular flexibility index (Phi) is 3.07. The Hall–Kier alpha value is -2.63. The summed E-state index contributed by atoms with van der Waals surface area (Å²) in [6.07, 6.45) is 1.15. The second-order valence-corrected chi connectivity index (χ2v) is 7.31. The third-order valence-electron chi connectivity index (χ3n) is 4.79. The highest BCUT2D eigenvalue weighted by atomic mass is 19.1. The summed E-state index contributed by atoms with van der Waals surface area (Å²) in [5.41, 5.74) is 2.28. The topological polar surface area (TPSA) is 77.8 Å². The number of hydrogen-bond donors (Lipinski definition) is 3. The number of aromatic nitrogens is 2. The summed E-state index contributed by atoms with van der Waals surface area (Å²) in [6, 6.07) is 5.99. The van der Waals surface area contributed by atoms with E-state index in [2.05, 4.69) is 29.4 Å². The molecule has 0 spiro atoms. The maximum atomic E-state index is 13.3.